The van der Waals surface area contributed by atoms with Gasteiger partial charge in [0.15, 0.2) is 0 Å². The van der Waals surface area contributed by atoms with Crippen molar-refractivity contribution in [2.75, 3.05) is 13.2 Å². The molecule has 1 heterocycles. The molecule has 0 saturated heterocycles. The van der Waals surface area contributed by atoms with Gasteiger partial charge in [0.05, 0.1) is 23.3 Å². The van der Waals surface area contributed by atoms with Crippen LogP contribution in [0.5, 0.6) is 0 Å². The van der Waals surface area contributed by atoms with Crippen LogP contribution in [0.15, 0.2) is 59.7 Å². The van der Waals surface area contributed by atoms with E-state index in [0.29, 0.717) is 18.5 Å². The first-order valence-electron chi connectivity index (χ1n) is 9.86. The van der Waals surface area contributed by atoms with Crippen LogP contribution in [0.25, 0.3) is 0 Å². The highest BCUT2D eigenvalue weighted by molar-refractivity contribution is 6.03. The van der Waals surface area contributed by atoms with Crippen LogP contribution in [0.4, 0.5) is 5.69 Å². The molecule has 8 heteroatoms. The van der Waals surface area contributed by atoms with Crippen molar-refractivity contribution in [2.45, 2.75) is 38.3 Å². The van der Waals surface area contributed by atoms with Crippen LogP contribution >= 0.6 is 0 Å². The van der Waals surface area contributed by atoms with Crippen LogP contribution in [-0.2, 0) is 4.79 Å². The number of carbonyl (C=O) groups excluding carboxylic acids is 1. The van der Waals surface area contributed by atoms with E-state index in [1.807, 2.05) is 44.2 Å². The highest BCUT2D eigenvalue weighted by atomic mass is 16.6. The Morgan fingerprint density at radius 2 is 2.00 bits per heavy atom. The van der Waals surface area contributed by atoms with Gasteiger partial charge in [-0.15, -0.1) is 0 Å². The molecule has 2 N–H and O–H groups in total. The molecule has 0 aromatic heterocycles. The Labute approximate surface area is 175 Å². The molecule has 2 aromatic rings. The number of nitrogens with one attached hydrogen (secondary N) is 1. The van der Waals surface area contributed by atoms with Crippen molar-refractivity contribution in [1.82, 2.24) is 10.3 Å². The molecule has 0 saturated carbocycles. The van der Waals surface area contributed by atoms with E-state index in [4.69, 9.17) is 0 Å². The molecule has 0 radical (unpaired) electrons. The maximum absolute atomic E-state index is 13.0. The van der Waals surface area contributed by atoms with Crippen molar-refractivity contribution in [3.8, 4) is 0 Å². The number of hydrogen-bond donors (Lipinski definition) is 2. The third kappa shape index (κ3) is 5.08. The molecule has 0 unspecified atom stereocenters. The van der Waals surface area contributed by atoms with Gasteiger partial charge in [-0.05, 0) is 25.0 Å². The normalized spacial score (nSPS) is 16.4. The number of carbonyl (C=O) groups is 1. The van der Waals surface area contributed by atoms with Gasteiger partial charge in [0.25, 0.3) is 5.69 Å². The van der Waals surface area contributed by atoms with Gasteiger partial charge in [-0.3, -0.25) is 14.9 Å². The van der Waals surface area contributed by atoms with Gasteiger partial charge >= 0.3 is 0 Å². The minimum atomic E-state index is -0.483. The minimum absolute atomic E-state index is 0.0144. The standard InChI is InChI=1S/C22H26N4O4/c1-22(2,15-27)23-12-11-21(28)25-20(17-9-6-10-18(13-17)26(29)30)14-19(24-25)16-7-4-3-5-8-16/h3-10,13,20,23,27H,11-12,14-15H2,1-2H3/t20-/m0/s1. The van der Waals surface area contributed by atoms with Crippen LogP contribution in [-0.4, -0.2) is 45.3 Å². The van der Waals surface area contributed by atoms with Crippen molar-refractivity contribution in [1.29, 1.82) is 0 Å². The van der Waals surface area contributed by atoms with Gasteiger partial charge in [0.1, 0.15) is 0 Å². The lowest BCUT2D eigenvalue weighted by molar-refractivity contribution is -0.384. The van der Waals surface area contributed by atoms with E-state index in [2.05, 4.69) is 10.4 Å². The molecule has 2 aromatic carbocycles. The van der Waals surface area contributed by atoms with Gasteiger partial charge in [0, 0.05) is 37.1 Å². The Bertz CT molecular complexity index is 943. The zero-order valence-electron chi connectivity index (χ0n) is 17.1. The highest BCUT2D eigenvalue weighted by Gasteiger charge is 2.33. The zero-order chi connectivity index (χ0) is 21.7. The van der Waals surface area contributed by atoms with Gasteiger partial charge in [0.2, 0.25) is 5.91 Å². The van der Waals surface area contributed by atoms with Crippen LogP contribution in [0, 0.1) is 10.1 Å². The molecule has 8 nitrogen and oxygen atoms in total. The summed E-state index contributed by atoms with van der Waals surface area (Å²) in [4.78, 5) is 23.7. The molecule has 1 aliphatic rings. The summed E-state index contributed by atoms with van der Waals surface area (Å²) in [6.45, 7) is 4.05. The fourth-order valence-electron chi connectivity index (χ4n) is 3.33. The lowest BCUT2D eigenvalue weighted by Crippen LogP contribution is -2.44. The Hall–Kier alpha value is -3.10. The number of nitro benzene ring substituents is 1. The molecule has 1 amide bonds. The van der Waals surface area contributed by atoms with Crippen molar-refractivity contribution < 1.29 is 14.8 Å². The first kappa shape index (κ1) is 21.6. The average Bonchev–Trinajstić information content (AvgIpc) is 3.20. The molecule has 1 atom stereocenters. The van der Waals surface area contributed by atoms with E-state index < -0.39 is 16.5 Å². The molecule has 0 bridgehead atoms. The van der Waals surface area contributed by atoms with Crippen LogP contribution in [0.2, 0.25) is 0 Å². The first-order valence-corrected chi connectivity index (χ1v) is 9.86. The number of rotatable bonds is 8. The second-order valence-electron chi connectivity index (χ2n) is 7.94. The van der Waals surface area contributed by atoms with Crippen molar-refractivity contribution in [3.63, 3.8) is 0 Å². The Morgan fingerprint density at radius 1 is 1.27 bits per heavy atom. The topological polar surface area (TPSA) is 108 Å². The first-order chi connectivity index (χ1) is 14.3. The van der Waals surface area contributed by atoms with Gasteiger partial charge < -0.3 is 10.4 Å². The number of benzene rings is 2. The summed E-state index contributed by atoms with van der Waals surface area (Å²) in [6, 6.07) is 15.5. The highest BCUT2D eigenvalue weighted by Crippen LogP contribution is 2.34. The minimum Gasteiger partial charge on any atom is -0.394 e. The van der Waals surface area contributed by atoms with E-state index in [0.717, 1.165) is 11.3 Å². The van der Waals surface area contributed by atoms with E-state index in [1.165, 1.54) is 17.1 Å². The predicted molar refractivity (Wildman–Crippen MR) is 114 cm³/mol. The molecular weight excluding hydrogens is 384 g/mol. The molecule has 0 aliphatic carbocycles. The van der Waals surface area contributed by atoms with Gasteiger partial charge in [-0.2, -0.15) is 5.10 Å². The smallest absolute Gasteiger partial charge is 0.269 e. The zero-order valence-corrected chi connectivity index (χ0v) is 17.1. The van der Waals surface area contributed by atoms with Crippen LogP contribution in [0.3, 0.4) is 0 Å². The van der Waals surface area contributed by atoms with Gasteiger partial charge in [-0.1, -0.05) is 42.5 Å². The van der Waals surface area contributed by atoms with Crippen molar-refractivity contribution in [3.05, 3.63) is 75.8 Å². The van der Waals surface area contributed by atoms with Crippen molar-refractivity contribution >= 4 is 17.3 Å². The van der Waals surface area contributed by atoms with Crippen LogP contribution in [0.1, 0.15) is 43.9 Å². The molecule has 1 aliphatic heterocycles. The summed E-state index contributed by atoms with van der Waals surface area (Å²) in [7, 11) is 0. The Balaban J connectivity index is 1.84. The molecule has 0 fully saturated rings. The monoisotopic (exact) mass is 410 g/mol. The Kier molecular flexibility index (Phi) is 6.59. The third-order valence-electron chi connectivity index (χ3n) is 5.08. The largest absolute Gasteiger partial charge is 0.394 e. The van der Waals surface area contributed by atoms with Crippen LogP contribution < -0.4 is 5.32 Å². The summed E-state index contributed by atoms with van der Waals surface area (Å²) in [5, 5.41) is 29.7. The predicted octanol–water partition coefficient (Wildman–Crippen LogP) is 3.02. The summed E-state index contributed by atoms with van der Waals surface area (Å²) in [5.41, 5.74) is 1.87. The maximum atomic E-state index is 13.0. The average molecular weight is 410 g/mol. The van der Waals surface area contributed by atoms with E-state index in [1.54, 1.807) is 12.1 Å². The fourth-order valence-corrected chi connectivity index (χ4v) is 3.33. The second kappa shape index (κ2) is 9.15. The number of aliphatic hydroxyl groups is 1. The molecular formula is C22H26N4O4. The van der Waals surface area contributed by atoms with E-state index in [9.17, 15) is 20.0 Å². The number of nitro groups is 1. The number of non-ortho nitro benzene ring substituents is 1. The summed E-state index contributed by atoms with van der Waals surface area (Å²) in [6.07, 6.45) is 0.674. The number of hydrogen-bond acceptors (Lipinski definition) is 6. The number of amides is 1. The maximum Gasteiger partial charge on any atom is 0.269 e. The Morgan fingerprint density at radius 3 is 2.67 bits per heavy atom. The third-order valence-corrected chi connectivity index (χ3v) is 5.08. The lowest BCUT2D eigenvalue weighted by atomic mass is 9.98. The molecule has 3 rings (SSSR count). The summed E-state index contributed by atoms with van der Waals surface area (Å²) in [5.74, 6) is -0.182. The fraction of sp³-hybridized carbons (Fsp3) is 0.364. The SMILES string of the molecule is CC(C)(CO)NCCC(=O)N1N=C(c2ccccc2)C[C@H]1c1cccc([N+](=O)[O-])c1. The van der Waals surface area contributed by atoms with Crippen molar-refractivity contribution in [2.24, 2.45) is 5.10 Å². The molecule has 30 heavy (non-hydrogen) atoms. The lowest BCUT2D eigenvalue weighted by Gasteiger charge is -2.25. The molecule has 158 valence electrons. The second-order valence-corrected chi connectivity index (χ2v) is 7.94. The van der Waals surface area contributed by atoms with Gasteiger partial charge in [-0.25, -0.2) is 5.01 Å². The number of aliphatic hydroxyl groups excluding tert-OH is 1. The number of nitrogens with zero attached hydrogens (tertiary/aromatic N) is 3. The number of hydrazone groups is 1. The quantitative estimate of drug-likeness (QED) is 0.514. The van der Waals surface area contributed by atoms with E-state index >= 15 is 0 Å². The van der Waals surface area contributed by atoms with E-state index in [-0.39, 0.29) is 24.6 Å². The summed E-state index contributed by atoms with van der Waals surface area (Å²) < 4.78 is 0. The summed E-state index contributed by atoms with van der Waals surface area (Å²) >= 11 is 0. The molecule has 0 spiro atoms.